The fraction of sp³-hybridized carbons (Fsp3) is 0.368. The van der Waals surface area contributed by atoms with Crippen LogP contribution in [0.25, 0.3) is 0 Å². The molecule has 0 saturated heterocycles. The van der Waals surface area contributed by atoms with Crippen LogP contribution >= 0.6 is 0 Å². The normalized spacial score (nSPS) is 18.0. The third-order valence-corrected chi connectivity index (χ3v) is 4.17. The molecule has 116 valence electrons. The van der Waals surface area contributed by atoms with E-state index in [-0.39, 0.29) is 6.10 Å². The van der Waals surface area contributed by atoms with E-state index in [2.05, 4.69) is 42.6 Å². The van der Waals surface area contributed by atoms with Crippen molar-refractivity contribution in [3.63, 3.8) is 0 Å². The van der Waals surface area contributed by atoms with Crippen molar-refractivity contribution in [3.8, 4) is 11.5 Å². The Morgan fingerprint density at radius 1 is 1.05 bits per heavy atom. The molecule has 3 nitrogen and oxygen atoms in total. The molecule has 0 fully saturated rings. The summed E-state index contributed by atoms with van der Waals surface area (Å²) in [4.78, 5) is 0. The number of nitrogens with two attached hydrogens (primary N) is 1. The molecule has 0 saturated carbocycles. The third kappa shape index (κ3) is 3.80. The topological polar surface area (TPSA) is 35.1 Å². The minimum absolute atomic E-state index is 0.117. The first-order valence-electron chi connectivity index (χ1n) is 8.08. The Kier molecular flexibility index (Phi) is 4.96. The van der Waals surface area contributed by atoms with Crippen molar-refractivity contribution in [2.75, 3.05) is 13.2 Å². The second-order valence-corrected chi connectivity index (χ2v) is 5.89. The van der Waals surface area contributed by atoms with Crippen LogP contribution in [0.4, 0.5) is 0 Å². The lowest BCUT2D eigenvalue weighted by Crippen LogP contribution is -2.92. The molecule has 2 atom stereocenters. The fourth-order valence-electron chi connectivity index (χ4n) is 2.78. The van der Waals surface area contributed by atoms with Gasteiger partial charge in [-0.3, -0.25) is 0 Å². The maximum Gasteiger partial charge on any atom is 0.184 e. The van der Waals surface area contributed by atoms with E-state index < -0.39 is 0 Å². The van der Waals surface area contributed by atoms with Crippen LogP contribution in [0.5, 0.6) is 11.5 Å². The van der Waals surface area contributed by atoms with Crippen LogP contribution in [-0.2, 0) is 6.42 Å². The molecule has 0 radical (unpaired) electrons. The van der Waals surface area contributed by atoms with E-state index >= 15 is 0 Å². The van der Waals surface area contributed by atoms with E-state index in [1.54, 1.807) is 0 Å². The van der Waals surface area contributed by atoms with Gasteiger partial charge in [0, 0.05) is 6.42 Å². The third-order valence-electron chi connectivity index (χ3n) is 4.17. The molecular weight excluding hydrogens is 274 g/mol. The van der Waals surface area contributed by atoms with Crippen LogP contribution in [0.3, 0.4) is 0 Å². The summed E-state index contributed by atoms with van der Waals surface area (Å²) >= 11 is 0. The number of aryl methyl sites for hydroxylation is 1. The van der Waals surface area contributed by atoms with Crippen LogP contribution in [-0.4, -0.2) is 25.3 Å². The molecule has 1 heterocycles. The van der Waals surface area contributed by atoms with Gasteiger partial charge in [-0.15, -0.1) is 0 Å². The molecule has 0 aliphatic carbocycles. The molecule has 0 unspecified atom stereocenters. The number of hydrogen-bond donors (Lipinski definition) is 1. The van der Waals surface area contributed by atoms with Crippen molar-refractivity contribution in [3.05, 3.63) is 60.2 Å². The second kappa shape index (κ2) is 7.32. The van der Waals surface area contributed by atoms with Crippen LogP contribution in [0, 0.1) is 0 Å². The molecule has 0 bridgehead atoms. The minimum atomic E-state index is 0.117. The van der Waals surface area contributed by atoms with Crippen molar-refractivity contribution >= 4 is 0 Å². The zero-order valence-corrected chi connectivity index (χ0v) is 13.1. The Hall–Kier alpha value is -2.00. The zero-order chi connectivity index (χ0) is 15.2. The molecule has 0 amide bonds. The van der Waals surface area contributed by atoms with E-state index in [1.807, 2.05) is 24.3 Å². The van der Waals surface area contributed by atoms with Gasteiger partial charge in [-0.05, 0) is 31.0 Å². The largest absolute Gasteiger partial charge is 0.486 e. The average Bonchev–Trinajstić information content (AvgIpc) is 2.59. The summed E-state index contributed by atoms with van der Waals surface area (Å²) in [5, 5.41) is 2.37. The molecule has 0 spiro atoms. The van der Waals surface area contributed by atoms with E-state index in [0.29, 0.717) is 12.6 Å². The Morgan fingerprint density at radius 3 is 2.59 bits per heavy atom. The smallest absolute Gasteiger partial charge is 0.184 e. The van der Waals surface area contributed by atoms with Crippen molar-refractivity contribution in [2.24, 2.45) is 0 Å². The van der Waals surface area contributed by atoms with Gasteiger partial charge in [-0.2, -0.15) is 0 Å². The second-order valence-electron chi connectivity index (χ2n) is 5.89. The van der Waals surface area contributed by atoms with Crippen LogP contribution in [0.15, 0.2) is 54.6 Å². The maximum atomic E-state index is 6.05. The van der Waals surface area contributed by atoms with Crippen LogP contribution < -0.4 is 14.8 Å². The van der Waals surface area contributed by atoms with Gasteiger partial charge in [-0.1, -0.05) is 42.5 Å². The minimum Gasteiger partial charge on any atom is -0.486 e. The molecule has 2 N–H and O–H groups in total. The summed E-state index contributed by atoms with van der Waals surface area (Å²) in [7, 11) is 0. The van der Waals surface area contributed by atoms with E-state index in [0.717, 1.165) is 24.5 Å². The highest BCUT2D eigenvalue weighted by Gasteiger charge is 2.27. The predicted molar refractivity (Wildman–Crippen MR) is 87.4 cm³/mol. The highest BCUT2D eigenvalue weighted by Crippen LogP contribution is 2.31. The molecule has 22 heavy (non-hydrogen) atoms. The van der Waals surface area contributed by atoms with Gasteiger partial charge in [0.15, 0.2) is 17.6 Å². The molecule has 1 aliphatic heterocycles. The van der Waals surface area contributed by atoms with Crippen LogP contribution in [0.2, 0.25) is 0 Å². The Labute approximate surface area is 132 Å². The monoisotopic (exact) mass is 298 g/mol. The van der Waals surface area contributed by atoms with Gasteiger partial charge in [-0.25, -0.2) is 0 Å². The first-order valence-corrected chi connectivity index (χ1v) is 8.08. The van der Waals surface area contributed by atoms with Gasteiger partial charge < -0.3 is 14.8 Å². The molecule has 1 aliphatic rings. The van der Waals surface area contributed by atoms with E-state index in [4.69, 9.17) is 9.47 Å². The Balaban J connectivity index is 1.42. The highest BCUT2D eigenvalue weighted by molar-refractivity contribution is 5.40. The van der Waals surface area contributed by atoms with E-state index in [1.165, 1.54) is 12.0 Å². The predicted octanol–water partition coefficient (Wildman–Crippen LogP) is 2.41. The van der Waals surface area contributed by atoms with Gasteiger partial charge in [0.2, 0.25) is 0 Å². The lowest BCUT2D eigenvalue weighted by atomic mass is 10.1. The number of rotatable bonds is 6. The van der Waals surface area contributed by atoms with Gasteiger partial charge in [0.1, 0.15) is 12.6 Å². The summed E-state index contributed by atoms with van der Waals surface area (Å²) in [5.41, 5.74) is 1.41. The molecule has 0 aromatic heterocycles. The SMILES string of the molecule is C[C@H]([NH2+]CCCc1ccccc1)[C@H]1COc2ccccc2O1. The Morgan fingerprint density at radius 2 is 1.77 bits per heavy atom. The summed E-state index contributed by atoms with van der Waals surface area (Å²) in [6.07, 6.45) is 2.43. The van der Waals surface area contributed by atoms with Crippen LogP contribution in [0.1, 0.15) is 18.9 Å². The number of hydrogen-bond acceptors (Lipinski definition) is 2. The lowest BCUT2D eigenvalue weighted by Gasteiger charge is -2.29. The summed E-state index contributed by atoms with van der Waals surface area (Å²) in [6.45, 7) is 3.95. The average molecular weight is 298 g/mol. The van der Waals surface area contributed by atoms with Crippen molar-refractivity contribution in [2.45, 2.75) is 31.9 Å². The number of benzene rings is 2. The number of ether oxygens (including phenoxy) is 2. The first-order chi connectivity index (χ1) is 10.8. The maximum absolute atomic E-state index is 6.05. The Bertz CT molecular complexity index is 585. The van der Waals surface area contributed by atoms with Crippen molar-refractivity contribution in [1.82, 2.24) is 0 Å². The number of para-hydroxylation sites is 2. The molecular formula is C19H24NO2+. The van der Waals surface area contributed by atoms with Gasteiger partial charge in [0.05, 0.1) is 6.54 Å². The number of fused-ring (bicyclic) bond motifs is 1. The number of quaternary nitrogens is 1. The summed E-state index contributed by atoms with van der Waals surface area (Å²) in [6, 6.07) is 18.9. The summed E-state index contributed by atoms with van der Waals surface area (Å²) < 4.78 is 11.8. The first kappa shape index (κ1) is 14.9. The molecule has 2 aromatic rings. The van der Waals surface area contributed by atoms with Crippen molar-refractivity contribution in [1.29, 1.82) is 0 Å². The highest BCUT2D eigenvalue weighted by atomic mass is 16.6. The molecule has 3 rings (SSSR count). The standard InChI is InChI=1S/C19H23NO2/c1-15(20-13-7-10-16-8-3-2-4-9-16)19-14-21-17-11-5-6-12-18(17)22-19/h2-6,8-9,11-12,15,19-20H,7,10,13-14H2,1H3/p+1/t15-,19+/m0/s1. The molecule has 2 aromatic carbocycles. The summed E-state index contributed by atoms with van der Waals surface area (Å²) in [5.74, 6) is 1.72. The van der Waals surface area contributed by atoms with Crippen molar-refractivity contribution < 1.29 is 14.8 Å². The van der Waals surface area contributed by atoms with Gasteiger partial charge >= 0.3 is 0 Å². The lowest BCUT2D eigenvalue weighted by molar-refractivity contribution is -0.692. The quantitative estimate of drug-likeness (QED) is 0.831. The fourth-order valence-corrected chi connectivity index (χ4v) is 2.78. The van der Waals surface area contributed by atoms with Gasteiger partial charge in [0.25, 0.3) is 0 Å². The van der Waals surface area contributed by atoms with E-state index in [9.17, 15) is 0 Å². The zero-order valence-electron chi connectivity index (χ0n) is 13.1. The molecule has 3 heteroatoms.